The smallest absolute Gasteiger partial charge is 0.147 e. The highest BCUT2D eigenvalue weighted by Gasteiger charge is 2.16. The Morgan fingerprint density at radius 1 is 1.25 bits per heavy atom. The summed E-state index contributed by atoms with van der Waals surface area (Å²) in [5, 5.41) is 4.44. The van der Waals surface area contributed by atoms with Crippen molar-refractivity contribution in [3.8, 4) is 0 Å². The van der Waals surface area contributed by atoms with E-state index in [1.54, 1.807) is 6.20 Å². The summed E-state index contributed by atoms with van der Waals surface area (Å²) >= 11 is 0. The van der Waals surface area contributed by atoms with Crippen LogP contribution in [0.3, 0.4) is 0 Å². The largest absolute Gasteiger partial charge is 0.310 e. The molecule has 5 heteroatoms. The van der Waals surface area contributed by atoms with Crippen molar-refractivity contribution in [2.75, 3.05) is 18.6 Å². The van der Waals surface area contributed by atoms with Gasteiger partial charge in [0.05, 0.1) is 11.3 Å². The number of aromatic nitrogens is 1. The maximum atomic E-state index is 11.4. The van der Waals surface area contributed by atoms with Gasteiger partial charge < -0.3 is 5.32 Å². The van der Waals surface area contributed by atoms with Gasteiger partial charge in [0.2, 0.25) is 0 Å². The van der Waals surface area contributed by atoms with Crippen molar-refractivity contribution >= 4 is 20.7 Å². The van der Waals surface area contributed by atoms with E-state index >= 15 is 0 Å². The summed E-state index contributed by atoms with van der Waals surface area (Å²) in [4.78, 5) is 4.44. The average molecular weight is 292 g/mol. The van der Waals surface area contributed by atoms with Crippen LogP contribution in [-0.2, 0) is 9.84 Å². The quantitative estimate of drug-likeness (QED) is 0.887. The first kappa shape index (κ1) is 14.9. The van der Waals surface area contributed by atoms with E-state index in [0.717, 1.165) is 23.0 Å². The van der Waals surface area contributed by atoms with Gasteiger partial charge in [-0.1, -0.05) is 31.2 Å². The summed E-state index contributed by atoms with van der Waals surface area (Å²) in [6, 6.07) is 9.96. The first-order valence-electron chi connectivity index (χ1n) is 6.76. The van der Waals surface area contributed by atoms with Crippen molar-refractivity contribution in [2.24, 2.45) is 0 Å². The molecule has 0 saturated heterocycles. The lowest BCUT2D eigenvalue weighted by molar-refractivity contribution is 0.532. The lowest BCUT2D eigenvalue weighted by Crippen LogP contribution is -2.23. The van der Waals surface area contributed by atoms with E-state index in [2.05, 4.69) is 10.3 Å². The zero-order valence-corrected chi connectivity index (χ0v) is 12.7. The first-order valence-corrected chi connectivity index (χ1v) is 8.82. The van der Waals surface area contributed by atoms with Gasteiger partial charge in [-0.15, -0.1) is 0 Å². The predicted molar refractivity (Wildman–Crippen MR) is 82.5 cm³/mol. The van der Waals surface area contributed by atoms with Crippen molar-refractivity contribution in [1.29, 1.82) is 0 Å². The number of sulfone groups is 1. The molecule has 2 aromatic rings. The number of pyridine rings is 1. The summed E-state index contributed by atoms with van der Waals surface area (Å²) in [6.07, 6.45) is 3.60. The molecule has 0 aliphatic rings. The summed E-state index contributed by atoms with van der Waals surface area (Å²) in [5.74, 6) is 0.174. The molecule has 0 saturated carbocycles. The Balaban J connectivity index is 2.36. The Labute approximate surface area is 120 Å². The molecule has 1 unspecified atom stereocenters. The Morgan fingerprint density at radius 2 is 2.00 bits per heavy atom. The van der Waals surface area contributed by atoms with Gasteiger partial charge in [0.15, 0.2) is 0 Å². The fourth-order valence-corrected chi connectivity index (χ4v) is 3.02. The molecule has 0 spiro atoms. The number of hydrogen-bond acceptors (Lipinski definition) is 4. The molecule has 4 nitrogen and oxygen atoms in total. The molecule has 1 heterocycles. The van der Waals surface area contributed by atoms with Crippen LogP contribution < -0.4 is 5.32 Å². The van der Waals surface area contributed by atoms with Crippen LogP contribution in [0.15, 0.2) is 36.5 Å². The van der Waals surface area contributed by atoms with Crippen LogP contribution in [0.1, 0.15) is 24.9 Å². The Kier molecular flexibility index (Phi) is 4.73. The minimum Gasteiger partial charge on any atom is -0.310 e. The van der Waals surface area contributed by atoms with Crippen molar-refractivity contribution in [2.45, 2.75) is 19.4 Å². The van der Waals surface area contributed by atoms with Gasteiger partial charge in [0.1, 0.15) is 9.84 Å². The van der Waals surface area contributed by atoms with Gasteiger partial charge in [-0.3, -0.25) is 4.98 Å². The molecule has 1 aromatic carbocycles. The van der Waals surface area contributed by atoms with Gasteiger partial charge in [0, 0.05) is 23.9 Å². The van der Waals surface area contributed by atoms with Gasteiger partial charge in [-0.2, -0.15) is 0 Å². The molecule has 1 N–H and O–H groups in total. The molecule has 0 aliphatic carbocycles. The second-order valence-corrected chi connectivity index (χ2v) is 7.21. The Hall–Kier alpha value is -1.46. The number of fused-ring (bicyclic) bond motifs is 1. The summed E-state index contributed by atoms with van der Waals surface area (Å²) in [5.41, 5.74) is 2.00. The van der Waals surface area contributed by atoms with E-state index in [9.17, 15) is 8.42 Å². The van der Waals surface area contributed by atoms with Gasteiger partial charge >= 0.3 is 0 Å². The number of nitrogens with one attached hydrogen (secondary N) is 1. The fourth-order valence-electron chi connectivity index (χ4n) is 2.35. The fraction of sp³-hybridized carbons (Fsp3) is 0.400. The molecule has 0 amide bonds. The molecule has 1 aromatic heterocycles. The maximum Gasteiger partial charge on any atom is 0.147 e. The van der Waals surface area contributed by atoms with E-state index < -0.39 is 9.84 Å². The third kappa shape index (κ3) is 3.77. The predicted octanol–water partition coefficient (Wildman–Crippen LogP) is 2.32. The molecule has 1 atom stereocenters. The van der Waals surface area contributed by atoms with Crippen molar-refractivity contribution < 1.29 is 8.42 Å². The highest BCUT2D eigenvalue weighted by Crippen LogP contribution is 2.25. The van der Waals surface area contributed by atoms with Crippen LogP contribution in [0.4, 0.5) is 0 Å². The topological polar surface area (TPSA) is 59.1 Å². The monoisotopic (exact) mass is 292 g/mol. The number of benzene rings is 1. The van der Waals surface area contributed by atoms with E-state index in [4.69, 9.17) is 0 Å². The summed E-state index contributed by atoms with van der Waals surface area (Å²) < 4.78 is 22.8. The number of hydrogen-bond donors (Lipinski definition) is 1. The molecule has 20 heavy (non-hydrogen) atoms. The molecule has 0 fully saturated rings. The van der Waals surface area contributed by atoms with Crippen LogP contribution in [0.25, 0.3) is 10.9 Å². The number of nitrogens with zero attached hydrogens (tertiary/aromatic N) is 1. The second kappa shape index (κ2) is 6.33. The minimum absolute atomic E-state index is 0.00771. The van der Waals surface area contributed by atoms with Gasteiger partial charge in [-0.25, -0.2) is 8.42 Å². The highest BCUT2D eigenvalue weighted by atomic mass is 32.2. The molecule has 0 bridgehead atoms. The molecule has 2 rings (SSSR count). The molecule has 108 valence electrons. The van der Waals surface area contributed by atoms with Crippen LogP contribution in [0, 0.1) is 0 Å². The first-order chi connectivity index (χ1) is 9.51. The van der Waals surface area contributed by atoms with Crippen molar-refractivity contribution in [1.82, 2.24) is 10.3 Å². The summed E-state index contributed by atoms with van der Waals surface area (Å²) in [7, 11) is -2.96. The standard InChI is InChI=1S/C15H20N2O2S/c1-3-16-14(9-11-20(2,18)19)13-8-4-6-12-7-5-10-17-15(12)13/h4-8,10,14,16H,3,9,11H2,1-2H3. The van der Waals surface area contributed by atoms with Crippen LogP contribution in [0.5, 0.6) is 0 Å². The van der Waals surface area contributed by atoms with E-state index in [0.29, 0.717) is 6.42 Å². The van der Waals surface area contributed by atoms with Crippen LogP contribution in [-0.4, -0.2) is 32.0 Å². The van der Waals surface area contributed by atoms with Gasteiger partial charge in [-0.05, 0) is 24.6 Å². The van der Waals surface area contributed by atoms with Gasteiger partial charge in [0.25, 0.3) is 0 Å². The molecular formula is C15H20N2O2S. The van der Waals surface area contributed by atoms with Crippen molar-refractivity contribution in [3.05, 3.63) is 42.1 Å². The molecule has 0 aliphatic heterocycles. The van der Waals surface area contributed by atoms with E-state index in [1.807, 2.05) is 37.3 Å². The Morgan fingerprint density at radius 3 is 2.70 bits per heavy atom. The SMILES string of the molecule is CCNC(CCS(C)(=O)=O)c1cccc2cccnc12. The number of para-hydroxylation sites is 1. The normalized spacial score (nSPS) is 13.5. The van der Waals surface area contributed by atoms with Crippen molar-refractivity contribution in [3.63, 3.8) is 0 Å². The second-order valence-electron chi connectivity index (χ2n) is 4.95. The third-order valence-corrected chi connectivity index (χ3v) is 4.24. The third-order valence-electron chi connectivity index (χ3n) is 3.27. The molecule has 0 radical (unpaired) electrons. The lowest BCUT2D eigenvalue weighted by Gasteiger charge is -2.19. The van der Waals surface area contributed by atoms with E-state index in [-0.39, 0.29) is 11.8 Å². The van der Waals surface area contributed by atoms with E-state index in [1.165, 1.54) is 6.26 Å². The number of rotatable bonds is 6. The zero-order chi connectivity index (χ0) is 14.6. The van der Waals surface area contributed by atoms with Crippen LogP contribution >= 0.6 is 0 Å². The maximum absolute atomic E-state index is 11.4. The highest BCUT2D eigenvalue weighted by molar-refractivity contribution is 7.90. The Bertz CT molecular complexity index is 678. The minimum atomic E-state index is -2.96. The molecular weight excluding hydrogens is 272 g/mol. The average Bonchev–Trinajstić information content (AvgIpc) is 2.42. The van der Waals surface area contributed by atoms with Crippen LogP contribution in [0.2, 0.25) is 0 Å². The lowest BCUT2D eigenvalue weighted by atomic mass is 10.0. The zero-order valence-electron chi connectivity index (χ0n) is 11.8. The summed E-state index contributed by atoms with van der Waals surface area (Å²) in [6.45, 7) is 2.81.